The lowest BCUT2D eigenvalue weighted by Crippen LogP contribution is -2.48. The largest absolute Gasteiger partial charge is 0.314 e. The van der Waals surface area contributed by atoms with Gasteiger partial charge in [-0.05, 0) is 43.6 Å². The van der Waals surface area contributed by atoms with Crippen molar-refractivity contribution in [1.82, 2.24) is 5.32 Å². The highest BCUT2D eigenvalue weighted by Gasteiger charge is 2.36. The van der Waals surface area contributed by atoms with Crippen molar-refractivity contribution in [2.45, 2.75) is 71.3 Å². The minimum absolute atomic E-state index is 0.851. The lowest BCUT2D eigenvalue weighted by molar-refractivity contribution is 0.102. The molecule has 0 spiro atoms. The fourth-order valence-electron chi connectivity index (χ4n) is 3.92. The predicted octanol–water partition coefficient (Wildman–Crippen LogP) is 3.98. The number of nitrogens with one attached hydrogen (secondary N) is 1. The van der Waals surface area contributed by atoms with Gasteiger partial charge in [-0.3, -0.25) is 0 Å². The molecule has 2 aliphatic rings. The Bertz CT molecular complexity index is 196. The number of hydrogen-bond acceptors (Lipinski definition) is 1. The summed E-state index contributed by atoms with van der Waals surface area (Å²) in [5.74, 6) is 3.01. The van der Waals surface area contributed by atoms with Crippen molar-refractivity contribution in [1.29, 1.82) is 0 Å². The Balaban J connectivity index is 1.97. The molecule has 0 radical (unpaired) electrons. The van der Waals surface area contributed by atoms with E-state index in [9.17, 15) is 0 Å². The molecule has 0 amide bonds. The van der Waals surface area contributed by atoms with Gasteiger partial charge in [-0.25, -0.2) is 0 Å². The molecule has 2 rings (SSSR count). The molecule has 1 N–H and O–H groups in total. The van der Waals surface area contributed by atoms with Crippen molar-refractivity contribution < 1.29 is 0 Å². The van der Waals surface area contributed by atoms with Crippen molar-refractivity contribution in [3.63, 3.8) is 0 Å². The van der Waals surface area contributed by atoms with Crippen LogP contribution in [0.2, 0.25) is 0 Å². The van der Waals surface area contributed by atoms with Gasteiger partial charge in [0.15, 0.2) is 0 Å². The average molecular weight is 223 g/mol. The molecule has 0 heterocycles. The lowest BCUT2D eigenvalue weighted by atomic mass is 9.66. The van der Waals surface area contributed by atoms with Crippen molar-refractivity contribution in [2.24, 2.45) is 17.8 Å². The summed E-state index contributed by atoms with van der Waals surface area (Å²) in [4.78, 5) is 0. The second-order valence-electron chi connectivity index (χ2n) is 5.89. The van der Waals surface area contributed by atoms with E-state index in [0.29, 0.717) is 0 Å². The fourth-order valence-corrected chi connectivity index (χ4v) is 3.92. The Kier molecular flexibility index (Phi) is 4.69. The van der Waals surface area contributed by atoms with Crippen LogP contribution < -0.4 is 5.32 Å². The second-order valence-corrected chi connectivity index (χ2v) is 5.89. The summed E-state index contributed by atoms with van der Waals surface area (Å²) in [7, 11) is 0. The maximum atomic E-state index is 3.82. The molecule has 16 heavy (non-hydrogen) atoms. The topological polar surface area (TPSA) is 12.0 Å². The van der Waals surface area contributed by atoms with Crippen LogP contribution in [0.4, 0.5) is 0 Å². The molecule has 3 unspecified atom stereocenters. The molecule has 0 aliphatic heterocycles. The van der Waals surface area contributed by atoms with Crippen LogP contribution in [0.15, 0.2) is 0 Å². The average Bonchev–Trinajstić information content (AvgIpc) is 2.26. The highest BCUT2D eigenvalue weighted by molar-refractivity contribution is 4.91. The Morgan fingerprint density at radius 2 is 1.75 bits per heavy atom. The predicted molar refractivity (Wildman–Crippen MR) is 70.5 cm³/mol. The van der Waals surface area contributed by atoms with Gasteiger partial charge in [0.05, 0.1) is 0 Å². The van der Waals surface area contributed by atoms with Crippen LogP contribution in [0.25, 0.3) is 0 Å². The molecule has 2 fully saturated rings. The molecule has 3 atom stereocenters. The zero-order chi connectivity index (χ0) is 11.4. The zero-order valence-corrected chi connectivity index (χ0v) is 11.2. The van der Waals surface area contributed by atoms with E-state index in [2.05, 4.69) is 19.2 Å². The third-order valence-corrected chi connectivity index (χ3v) is 5.05. The highest BCUT2D eigenvalue weighted by atomic mass is 14.9. The van der Waals surface area contributed by atoms with E-state index in [-0.39, 0.29) is 0 Å². The minimum Gasteiger partial charge on any atom is -0.314 e. The van der Waals surface area contributed by atoms with E-state index in [1.165, 1.54) is 51.4 Å². The van der Waals surface area contributed by atoms with E-state index in [4.69, 9.17) is 0 Å². The van der Waals surface area contributed by atoms with Gasteiger partial charge in [0, 0.05) is 6.04 Å². The van der Waals surface area contributed by atoms with Crippen LogP contribution in [0.3, 0.4) is 0 Å². The molecule has 0 aromatic heterocycles. The minimum atomic E-state index is 0.851. The van der Waals surface area contributed by atoms with Gasteiger partial charge in [-0.15, -0.1) is 0 Å². The zero-order valence-electron chi connectivity index (χ0n) is 11.2. The molecular weight excluding hydrogens is 194 g/mol. The molecule has 2 saturated carbocycles. The third kappa shape index (κ3) is 2.61. The maximum absolute atomic E-state index is 3.82. The van der Waals surface area contributed by atoms with E-state index in [1.807, 2.05) is 0 Å². The van der Waals surface area contributed by atoms with Gasteiger partial charge in [0.1, 0.15) is 0 Å². The van der Waals surface area contributed by atoms with Gasteiger partial charge in [0.25, 0.3) is 0 Å². The number of rotatable bonds is 5. The SMILES string of the molecule is CCNC(C1CCC1)C1CCCCC1CC. The van der Waals surface area contributed by atoms with Crippen molar-refractivity contribution in [2.75, 3.05) is 6.54 Å². The summed E-state index contributed by atoms with van der Waals surface area (Å²) in [6.07, 6.45) is 11.8. The summed E-state index contributed by atoms with van der Waals surface area (Å²) in [6.45, 7) is 5.83. The normalized spacial score (nSPS) is 33.4. The molecule has 2 aliphatic carbocycles. The number of hydrogen-bond donors (Lipinski definition) is 1. The molecule has 1 heteroatoms. The molecule has 0 aromatic rings. The van der Waals surface area contributed by atoms with E-state index in [0.717, 1.165) is 30.3 Å². The van der Waals surface area contributed by atoms with Crippen LogP contribution in [-0.2, 0) is 0 Å². The first kappa shape index (κ1) is 12.4. The van der Waals surface area contributed by atoms with Crippen LogP contribution in [0.5, 0.6) is 0 Å². The van der Waals surface area contributed by atoms with Crippen LogP contribution in [0.1, 0.15) is 65.2 Å². The maximum Gasteiger partial charge on any atom is 0.0126 e. The molecule has 0 bridgehead atoms. The Morgan fingerprint density at radius 3 is 2.31 bits per heavy atom. The molecule has 94 valence electrons. The smallest absolute Gasteiger partial charge is 0.0126 e. The quantitative estimate of drug-likeness (QED) is 0.743. The van der Waals surface area contributed by atoms with Crippen molar-refractivity contribution in [3.05, 3.63) is 0 Å². The first-order valence-corrected chi connectivity index (χ1v) is 7.60. The summed E-state index contributed by atoms with van der Waals surface area (Å²) in [5.41, 5.74) is 0. The third-order valence-electron chi connectivity index (χ3n) is 5.05. The molecule has 0 aromatic carbocycles. The summed E-state index contributed by atoms with van der Waals surface area (Å²) in [6, 6.07) is 0.851. The fraction of sp³-hybridized carbons (Fsp3) is 1.00. The van der Waals surface area contributed by atoms with Gasteiger partial charge >= 0.3 is 0 Å². The molecular formula is C15H29N. The van der Waals surface area contributed by atoms with Gasteiger partial charge in [-0.1, -0.05) is 46.0 Å². The summed E-state index contributed by atoms with van der Waals surface area (Å²) >= 11 is 0. The van der Waals surface area contributed by atoms with Crippen LogP contribution >= 0.6 is 0 Å². The van der Waals surface area contributed by atoms with Crippen molar-refractivity contribution >= 4 is 0 Å². The first-order valence-electron chi connectivity index (χ1n) is 7.60. The standard InChI is InChI=1S/C15H29N/c1-3-12-8-5-6-11-14(12)15(16-4-2)13-9-7-10-13/h12-16H,3-11H2,1-2H3. The Morgan fingerprint density at radius 1 is 1.00 bits per heavy atom. The van der Waals surface area contributed by atoms with Gasteiger partial charge in [0.2, 0.25) is 0 Å². The molecule has 0 saturated heterocycles. The summed E-state index contributed by atoms with van der Waals surface area (Å²) in [5, 5.41) is 3.82. The van der Waals surface area contributed by atoms with Crippen LogP contribution in [-0.4, -0.2) is 12.6 Å². The highest BCUT2D eigenvalue weighted by Crippen LogP contribution is 2.41. The van der Waals surface area contributed by atoms with E-state index >= 15 is 0 Å². The van der Waals surface area contributed by atoms with Crippen molar-refractivity contribution in [3.8, 4) is 0 Å². The Hall–Kier alpha value is -0.0400. The van der Waals surface area contributed by atoms with Gasteiger partial charge < -0.3 is 5.32 Å². The summed E-state index contributed by atoms with van der Waals surface area (Å²) < 4.78 is 0. The molecule has 1 nitrogen and oxygen atoms in total. The first-order chi connectivity index (χ1) is 7.86. The Labute approximate surface area is 101 Å². The second kappa shape index (κ2) is 6.05. The van der Waals surface area contributed by atoms with E-state index < -0.39 is 0 Å². The van der Waals surface area contributed by atoms with Gasteiger partial charge in [-0.2, -0.15) is 0 Å². The van der Waals surface area contributed by atoms with E-state index in [1.54, 1.807) is 0 Å². The lowest BCUT2D eigenvalue weighted by Gasteiger charge is -2.44. The van der Waals surface area contributed by atoms with Crippen LogP contribution in [0, 0.1) is 17.8 Å². The monoisotopic (exact) mass is 223 g/mol.